The SMILES string of the molecule is O=C1CCCC1C1CCCN1C1CCCCCC1. The van der Waals surface area contributed by atoms with Crippen molar-refractivity contribution in [3.05, 3.63) is 0 Å². The smallest absolute Gasteiger partial charge is 0.137 e. The van der Waals surface area contributed by atoms with Gasteiger partial charge in [0.15, 0.2) is 0 Å². The van der Waals surface area contributed by atoms with Crippen molar-refractivity contribution in [1.82, 2.24) is 4.90 Å². The second-order valence-corrected chi connectivity index (χ2v) is 6.56. The van der Waals surface area contributed by atoms with Crippen LogP contribution in [0.5, 0.6) is 0 Å². The number of Topliss-reactive ketones (excluding diaryl/α,β-unsaturated/α-hetero) is 1. The first-order valence-corrected chi connectivity index (χ1v) is 8.15. The molecule has 0 bridgehead atoms. The maximum absolute atomic E-state index is 12.0. The van der Waals surface area contributed by atoms with Crippen LogP contribution >= 0.6 is 0 Å². The summed E-state index contributed by atoms with van der Waals surface area (Å²) in [6.07, 6.45) is 14.2. The Balaban J connectivity index is 1.68. The van der Waals surface area contributed by atoms with Gasteiger partial charge in [-0.15, -0.1) is 0 Å². The van der Waals surface area contributed by atoms with E-state index >= 15 is 0 Å². The Kier molecular flexibility index (Phi) is 4.03. The lowest BCUT2D eigenvalue weighted by Gasteiger charge is -2.35. The molecule has 2 unspecified atom stereocenters. The summed E-state index contributed by atoms with van der Waals surface area (Å²) in [7, 11) is 0. The second kappa shape index (κ2) is 5.73. The van der Waals surface area contributed by atoms with E-state index in [9.17, 15) is 4.79 Å². The van der Waals surface area contributed by atoms with Crippen LogP contribution in [0, 0.1) is 5.92 Å². The van der Waals surface area contributed by atoms with Gasteiger partial charge in [-0.25, -0.2) is 0 Å². The zero-order chi connectivity index (χ0) is 12.4. The van der Waals surface area contributed by atoms with Crippen molar-refractivity contribution in [2.75, 3.05) is 6.54 Å². The van der Waals surface area contributed by atoms with Crippen molar-refractivity contribution in [3.63, 3.8) is 0 Å². The lowest BCUT2D eigenvalue weighted by atomic mass is 9.93. The third kappa shape index (κ3) is 2.49. The van der Waals surface area contributed by atoms with E-state index in [1.165, 1.54) is 64.3 Å². The van der Waals surface area contributed by atoms with Crippen molar-refractivity contribution in [1.29, 1.82) is 0 Å². The maximum atomic E-state index is 12.0. The Morgan fingerprint density at radius 2 is 1.61 bits per heavy atom. The number of hydrogen-bond acceptors (Lipinski definition) is 2. The van der Waals surface area contributed by atoms with Gasteiger partial charge in [0, 0.05) is 24.4 Å². The van der Waals surface area contributed by atoms with Crippen LogP contribution in [0.4, 0.5) is 0 Å². The zero-order valence-electron chi connectivity index (χ0n) is 11.6. The van der Waals surface area contributed by atoms with Gasteiger partial charge in [-0.2, -0.15) is 0 Å². The molecule has 0 aromatic rings. The summed E-state index contributed by atoms with van der Waals surface area (Å²) < 4.78 is 0. The average molecular weight is 249 g/mol. The molecule has 0 radical (unpaired) electrons. The fourth-order valence-corrected chi connectivity index (χ4v) is 4.54. The van der Waals surface area contributed by atoms with Crippen molar-refractivity contribution < 1.29 is 4.79 Å². The first-order chi connectivity index (χ1) is 8.86. The summed E-state index contributed by atoms with van der Waals surface area (Å²) in [5.74, 6) is 0.969. The number of rotatable bonds is 2. The van der Waals surface area contributed by atoms with Gasteiger partial charge >= 0.3 is 0 Å². The topological polar surface area (TPSA) is 20.3 Å². The van der Waals surface area contributed by atoms with E-state index in [2.05, 4.69) is 4.90 Å². The lowest BCUT2D eigenvalue weighted by Crippen LogP contribution is -2.43. The number of likely N-dealkylation sites (tertiary alicyclic amines) is 1. The summed E-state index contributed by atoms with van der Waals surface area (Å²) in [6, 6.07) is 1.41. The molecule has 3 aliphatic rings. The highest BCUT2D eigenvalue weighted by molar-refractivity contribution is 5.83. The Bertz CT molecular complexity index is 293. The average Bonchev–Trinajstić information content (AvgIpc) is 2.91. The highest BCUT2D eigenvalue weighted by Gasteiger charge is 2.40. The van der Waals surface area contributed by atoms with Crippen LogP contribution in [0.2, 0.25) is 0 Å². The van der Waals surface area contributed by atoms with E-state index in [1.807, 2.05) is 0 Å². The highest BCUT2D eigenvalue weighted by Crippen LogP contribution is 2.36. The van der Waals surface area contributed by atoms with E-state index < -0.39 is 0 Å². The van der Waals surface area contributed by atoms with E-state index in [0.29, 0.717) is 17.7 Å². The van der Waals surface area contributed by atoms with Crippen molar-refractivity contribution in [2.45, 2.75) is 82.7 Å². The molecule has 2 saturated carbocycles. The highest BCUT2D eigenvalue weighted by atomic mass is 16.1. The van der Waals surface area contributed by atoms with Crippen molar-refractivity contribution >= 4 is 5.78 Å². The number of hydrogen-bond donors (Lipinski definition) is 0. The maximum Gasteiger partial charge on any atom is 0.137 e. The van der Waals surface area contributed by atoms with Gasteiger partial charge in [-0.1, -0.05) is 25.7 Å². The van der Waals surface area contributed by atoms with Crippen LogP contribution in [0.1, 0.15) is 70.6 Å². The summed E-state index contributed by atoms with van der Waals surface area (Å²) in [4.78, 5) is 14.8. The molecule has 18 heavy (non-hydrogen) atoms. The third-order valence-electron chi connectivity index (χ3n) is 5.45. The molecular formula is C16H27NO. The molecule has 0 N–H and O–H groups in total. The van der Waals surface area contributed by atoms with Crippen LogP contribution in [0.15, 0.2) is 0 Å². The molecule has 0 amide bonds. The molecule has 3 rings (SSSR count). The van der Waals surface area contributed by atoms with Gasteiger partial charge < -0.3 is 0 Å². The molecule has 0 aromatic carbocycles. The molecule has 1 aliphatic heterocycles. The molecule has 2 heteroatoms. The summed E-state index contributed by atoms with van der Waals surface area (Å²) in [6.45, 7) is 1.26. The second-order valence-electron chi connectivity index (χ2n) is 6.56. The molecule has 2 aliphatic carbocycles. The number of carbonyl (C=O) groups excluding carboxylic acids is 1. The summed E-state index contributed by atoms with van der Waals surface area (Å²) >= 11 is 0. The van der Waals surface area contributed by atoms with Gasteiger partial charge in [0.25, 0.3) is 0 Å². The fraction of sp³-hybridized carbons (Fsp3) is 0.938. The summed E-state index contributed by atoms with van der Waals surface area (Å²) in [5.41, 5.74) is 0. The molecule has 1 heterocycles. The molecule has 102 valence electrons. The molecular weight excluding hydrogens is 222 g/mol. The predicted octanol–water partition coefficient (Wildman–Crippen LogP) is 3.54. The quantitative estimate of drug-likeness (QED) is 0.698. The van der Waals surface area contributed by atoms with Gasteiger partial charge in [-0.05, 0) is 45.1 Å². The third-order valence-corrected chi connectivity index (χ3v) is 5.45. The predicted molar refractivity (Wildman–Crippen MR) is 73.6 cm³/mol. The lowest BCUT2D eigenvalue weighted by molar-refractivity contribution is -0.122. The normalized spacial score (nSPS) is 36.1. The number of carbonyl (C=O) groups is 1. The Morgan fingerprint density at radius 3 is 2.28 bits per heavy atom. The molecule has 2 nitrogen and oxygen atoms in total. The summed E-state index contributed by atoms with van der Waals surface area (Å²) in [5, 5.41) is 0. The van der Waals surface area contributed by atoms with Crippen LogP contribution in [0.3, 0.4) is 0 Å². The molecule has 1 saturated heterocycles. The Labute approximate surface area is 111 Å². The van der Waals surface area contributed by atoms with Crippen LogP contribution in [-0.4, -0.2) is 29.3 Å². The van der Waals surface area contributed by atoms with E-state index in [-0.39, 0.29) is 0 Å². The molecule has 0 spiro atoms. The standard InChI is InChI=1S/C16H27NO/c18-16-11-5-9-14(16)15-10-6-12-17(15)13-7-3-1-2-4-8-13/h13-15H,1-12H2. The molecule has 2 atom stereocenters. The van der Waals surface area contributed by atoms with Crippen LogP contribution < -0.4 is 0 Å². The molecule has 3 fully saturated rings. The fourth-order valence-electron chi connectivity index (χ4n) is 4.54. The van der Waals surface area contributed by atoms with E-state index in [1.54, 1.807) is 0 Å². The van der Waals surface area contributed by atoms with Crippen LogP contribution in [-0.2, 0) is 4.79 Å². The minimum Gasteiger partial charge on any atom is -0.299 e. The minimum atomic E-state index is 0.399. The first kappa shape index (κ1) is 12.7. The van der Waals surface area contributed by atoms with Crippen LogP contribution in [0.25, 0.3) is 0 Å². The Hall–Kier alpha value is -0.370. The van der Waals surface area contributed by atoms with E-state index in [0.717, 1.165) is 18.9 Å². The largest absolute Gasteiger partial charge is 0.299 e. The van der Waals surface area contributed by atoms with Crippen molar-refractivity contribution in [2.24, 2.45) is 5.92 Å². The zero-order valence-corrected chi connectivity index (χ0v) is 11.6. The van der Waals surface area contributed by atoms with Gasteiger partial charge in [0.1, 0.15) is 5.78 Å². The minimum absolute atomic E-state index is 0.399. The monoisotopic (exact) mass is 249 g/mol. The number of ketones is 1. The first-order valence-electron chi connectivity index (χ1n) is 8.15. The Morgan fingerprint density at radius 1 is 0.833 bits per heavy atom. The van der Waals surface area contributed by atoms with E-state index in [4.69, 9.17) is 0 Å². The molecule has 0 aromatic heterocycles. The van der Waals surface area contributed by atoms with Crippen molar-refractivity contribution in [3.8, 4) is 0 Å². The number of nitrogens with zero attached hydrogens (tertiary/aromatic N) is 1. The van der Waals surface area contributed by atoms with Gasteiger partial charge in [0.2, 0.25) is 0 Å². The van der Waals surface area contributed by atoms with Gasteiger partial charge in [-0.3, -0.25) is 9.69 Å². The van der Waals surface area contributed by atoms with Gasteiger partial charge in [0.05, 0.1) is 0 Å².